The van der Waals surface area contributed by atoms with Crippen LogP contribution < -0.4 is 0 Å². The highest BCUT2D eigenvalue weighted by atomic mass is 19.1. The number of hydrogen-bond donors (Lipinski definition) is 0. The molecule has 0 N–H and O–H groups in total. The van der Waals surface area contributed by atoms with Crippen molar-refractivity contribution >= 4 is 11.3 Å². The third kappa shape index (κ3) is 2.33. The second kappa shape index (κ2) is 5.13. The number of carbonyl (C=O) groups is 1. The minimum Gasteiger partial charge on any atom is -0.294 e. The van der Waals surface area contributed by atoms with Crippen LogP contribution in [0.4, 0.5) is 4.39 Å². The number of Topliss-reactive ketones (excluding diaryl/α,β-unsaturated/α-hetero) is 1. The van der Waals surface area contributed by atoms with Crippen molar-refractivity contribution in [2.75, 3.05) is 0 Å². The molecule has 0 unspecified atom stereocenters. The average molecular weight is 282 g/mol. The molecular formula is C17H15FN2O. The first-order valence-corrected chi connectivity index (χ1v) is 6.85. The van der Waals surface area contributed by atoms with E-state index >= 15 is 0 Å². The minimum atomic E-state index is -0.306. The van der Waals surface area contributed by atoms with Crippen molar-refractivity contribution in [2.45, 2.75) is 13.8 Å². The maximum Gasteiger partial charge on any atom is 0.169 e. The Balaban J connectivity index is 2.28. The van der Waals surface area contributed by atoms with Crippen LogP contribution in [0.15, 0.2) is 48.7 Å². The van der Waals surface area contributed by atoms with Gasteiger partial charge in [0.15, 0.2) is 5.78 Å². The van der Waals surface area contributed by atoms with E-state index in [1.165, 1.54) is 12.1 Å². The number of pyridine rings is 1. The van der Waals surface area contributed by atoms with Gasteiger partial charge in [0.2, 0.25) is 0 Å². The van der Waals surface area contributed by atoms with E-state index in [0.717, 1.165) is 11.1 Å². The molecule has 3 nitrogen and oxygen atoms in total. The zero-order valence-corrected chi connectivity index (χ0v) is 11.9. The summed E-state index contributed by atoms with van der Waals surface area (Å²) in [6, 6.07) is 11.7. The van der Waals surface area contributed by atoms with Gasteiger partial charge in [-0.15, -0.1) is 0 Å². The van der Waals surface area contributed by atoms with Crippen molar-refractivity contribution < 1.29 is 9.18 Å². The van der Waals surface area contributed by atoms with Crippen molar-refractivity contribution in [1.29, 1.82) is 0 Å². The molecule has 0 amide bonds. The maximum atomic E-state index is 13.1. The Labute approximate surface area is 122 Å². The first kappa shape index (κ1) is 13.5. The number of carbonyl (C=O) groups excluding carboxylic acids is 1. The molecule has 0 saturated carbocycles. The third-order valence-corrected chi connectivity index (χ3v) is 3.43. The minimum absolute atomic E-state index is 0.0375. The molecule has 3 aromatic rings. The first-order valence-electron chi connectivity index (χ1n) is 6.85. The van der Waals surface area contributed by atoms with E-state index in [-0.39, 0.29) is 17.5 Å². The van der Waals surface area contributed by atoms with E-state index in [1.807, 2.05) is 32.0 Å². The Morgan fingerprint density at radius 1 is 1.14 bits per heavy atom. The van der Waals surface area contributed by atoms with E-state index in [9.17, 15) is 9.18 Å². The summed E-state index contributed by atoms with van der Waals surface area (Å²) in [6.45, 7) is 3.73. The van der Waals surface area contributed by atoms with Crippen molar-refractivity contribution in [3.8, 4) is 11.3 Å². The Bertz CT molecular complexity index is 803. The molecule has 1 aromatic carbocycles. The molecule has 4 heteroatoms. The standard InChI is InChI=1S/C17H15FN2O/c1-11(2)17(21)15-14-5-3-4-10-20(14)19-16(15)12-6-8-13(18)9-7-12/h3-11H,1-2H3. The van der Waals surface area contributed by atoms with Gasteiger partial charge in [-0.05, 0) is 36.4 Å². The van der Waals surface area contributed by atoms with Gasteiger partial charge in [0, 0.05) is 17.7 Å². The lowest BCUT2D eigenvalue weighted by Crippen LogP contribution is -2.08. The summed E-state index contributed by atoms with van der Waals surface area (Å²) in [5, 5.41) is 4.49. The molecule has 0 atom stereocenters. The van der Waals surface area contributed by atoms with Crippen LogP contribution in [0.1, 0.15) is 24.2 Å². The summed E-state index contributed by atoms with van der Waals surface area (Å²) in [5.41, 5.74) is 2.71. The number of halogens is 1. The Hall–Kier alpha value is -2.49. The van der Waals surface area contributed by atoms with Gasteiger partial charge in [0.25, 0.3) is 0 Å². The number of aromatic nitrogens is 2. The number of fused-ring (bicyclic) bond motifs is 1. The molecule has 0 spiro atoms. The number of ketones is 1. The lowest BCUT2D eigenvalue weighted by Gasteiger charge is -2.05. The maximum absolute atomic E-state index is 13.1. The van der Waals surface area contributed by atoms with Crippen LogP contribution in [0.3, 0.4) is 0 Å². The molecule has 3 rings (SSSR count). The summed E-state index contributed by atoms with van der Waals surface area (Å²) in [4.78, 5) is 12.6. The molecule has 0 bridgehead atoms. The second-order valence-electron chi connectivity index (χ2n) is 5.28. The molecule has 0 fully saturated rings. The predicted octanol–water partition coefficient (Wildman–Crippen LogP) is 3.98. The topological polar surface area (TPSA) is 34.4 Å². The van der Waals surface area contributed by atoms with Crippen LogP contribution in [0.2, 0.25) is 0 Å². The monoisotopic (exact) mass is 282 g/mol. The van der Waals surface area contributed by atoms with Crippen LogP contribution in [0, 0.1) is 11.7 Å². The SMILES string of the molecule is CC(C)C(=O)c1c(-c2ccc(F)cc2)nn2ccccc12. The van der Waals surface area contributed by atoms with E-state index in [2.05, 4.69) is 5.10 Å². The number of rotatable bonds is 3. The van der Waals surface area contributed by atoms with Gasteiger partial charge in [-0.2, -0.15) is 5.10 Å². The van der Waals surface area contributed by atoms with Crippen molar-refractivity contribution in [1.82, 2.24) is 9.61 Å². The number of hydrogen-bond acceptors (Lipinski definition) is 2. The highest BCUT2D eigenvalue weighted by Gasteiger charge is 2.22. The van der Waals surface area contributed by atoms with Gasteiger partial charge in [0.05, 0.1) is 11.1 Å². The Morgan fingerprint density at radius 3 is 2.52 bits per heavy atom. The van der Waals surface area contributed by atoms with Crippen LogP contribution >= 0.6 is 0 Å². The molecule has 21 heavy (non-hydrogen) atoms. The number of nitrogens with zero attached hydrogens (tertiary/aromatic N) is 2. The summed E-state index contributed by atoms with van der Waals surface area (Å²) in [6.07, 6.45) is 1.81. The van der Waals surface area contributed by atoms with Gasteiger partial charge >= 0.3 is 0 Å². The largest absolute Gasteiger partial charge is 0.294 e. The Kier molecular flexibility index (Phi) is 3.29. The third-order valence-electron chi connectivity index (χ3n) is 3.43. The molecule has 106 valence electrons. The van der Waals surface area contributed by atoms with Crippen LogP contribution in [-0.2, 0) is 0 Å². The molecule has 0 saturated heterocycles. The van der Waals surface area contributed by atoms with Gasteiger partial charge in [0.1, 0.15) is 11.5 Å². The van der Waals surface area contributed by atoms with Crippen LogP contribution in [-0.4, -0.2) is 15.4 Å². The summed E-state index contributed by atoms with van der Waals surface area (Å²) >= 11 is 0. The first-order chi connectivity index (χ1) is 10.1. The molecule has 0 radical (unpaired) electrons. The highest BCUT2D eigenvalue weighted by molar-refractivity contribution is 6.08. The zero-order valence-electron chi connectivity index (χ0n) is 11.9. The van der Waals surface area contributed by atoms with E-state index in [4.69, 9.17) is 0 Å². The summed E-state index contributed by atoms with van der Waals surface area (Å²) in [7, 11) is 0. The number of benzene rings is 1. The van der Waals surface area contributed by atoms with Crippen molar-refractivity contribution in [2.24, 2.45) is 5.92 Å². The van der Waals surface area contributed by atoms with Crippen LogP contribution in [0.5, 0.6) is 0 Å². The van der Waals surface area contributed by atoms with Crippen LogP contribution in [0.25, 0.3) is 16.8 Å². The molecular weight excluding hydrogens is 267 g/mol. The van der Waals surface area contributed by atoms with E-state index in [1.54, 1.807) is 22.8 Å². The normalized spacial score (nSPS) is 11.2. The lowest BCUT2D eigenvalue weighted by molar-refractivity contribution is 0.0941. The van der Waals surface area contributed by atoms with Gasteiger partial charge < -0.3 is 0 Å². The van der Waals surface area contributed by atoms with Gasteiger partial charge in [-0.25, -0.2) is 8.91 Å². The molecule has 2 heterocycles. The van der Waals surface area contributed by atoms with Crippen molar-refractivity contribution in [3.63, 3.8) is 0 Å². The Morgan fingerprint density at radius 2 is 1.86 bits per heavy atom. The van der Waals surface area contributed by atoms with Gasteiger partial charge in [-0.1, -0.05) is 19.9 Å². The quantitative estimate of drug-likeness (QED) is 0.681. The average Bonchev–Trinajstić information content (AvgIpc) is 2.86. The highest BCUT2D eigenvalue weighted by Crippen LogP contribution is 2.28. The van der Waals surface area contributed by atoms with Crippen molar-refractivity contribution in [3.05, 3.63) is 60.0 Å². The predicted molar refractivity (Wildman–Crippen MR) is 79.8 cm³/mol. The molecule has 2 aromatic heterocycles. The van der Waals surface area contributed by atoms with E-state index in [0.29, 0.717) is 11.3 Å². The molecule has 0 aliphatic carbocycles. The summed E-state index contributed by atoms with van der Waals surface area (Å²) in [5.74, 6) is -0.396. The smallest absolute Gasteiger partial charge is 0.169 e. The molecule has 0 aliphatic heterocycles. The fourth-order valence-corrected chi connectivity index (χ4v) is 2.34. The van der Waals surface area contributed by atoms with Gasteiger partial charge in [-0.3, -0.25) is 4.79 Å². The van der Waals surface area contributed by atoms with E-state index < -0.39 is 0 Å². The zero-order chi connectivity index (χ0) is 15.0. The lowest BCUT2D eigenvalue weighted by atomic mass is 9.97. The fourth-order valence-electron chi connectivity index (χ4n) is 2.34. The fraction of sp³-hybridized carbons (Fsp3) is 0.176. The second-order valence-corrected chi connectivity index (χ2v) is 5.28. The summed E-state index contributed by atoms with van der Waals surface area (Å²) < 4.78 is 14.8. The molecule has 0 aliphatic rings.